The van der Waals surface area contributed by atoms with Gasteiger partial charge in [0.25, 0.3) is 0 Å². The molecule has 0 aliphatic heterocycles. The van der Waals surface area contributed by atoms with E-state index in [1.54, 1.807) is 7.11 Å². The zero-order chi connectivity index (χ0) is 8.43. The number of rotatable bonds is 1. The molecule has 0 N–H and O–H groups in total. The van der Waals surface area contributed by atoms with Gasteiger partial charge < -0.3 is 4.74 Å². The first-order valence-corrected chi connectivity index (χ1v) is 5.02. The molecular formula is C8H8BrIO. The predicted octanol–water partition coefficient (Wildman–Crippen LogP) is 3.37. The lowest BCUT2D eigenvalue weighted by Gasteiger charge is -2.06. The van der Waals surface area contributed by atoms with Crippen LogP contribution in [-0.4, -0.2) is 7.11 Å². The van der Waals surface area contributed by atoms with E-state index in [0.29, 0.717) is 0 Å². The van der Waals surface area contributed by atoms with Crippen LogP contribution in [0.1, 0.15) is 5.56 Å². The van der Waals surface area contributed by atoms with Gasteiger partial charge in [0.05, 0.1) is 11.6 Å². The molecule has 0 bridgehead atoms. The highest BCUT2D eigenvalue weighted by atomic mass is 127. The number of benzene rings is 1. The molecule has 0 amide bonds. The average molecular weight is 327 g/mol. The molecule has 1 aromatic rings. The van der Waals surface area contributed by atoms with E-state index in [1.165, 1.54) is 3.57 Å². The highest BCUT2D eigenvalue weighted by molar-refractivity contribution is 14.1. The maximum Gasteiger partial charge on any atom is 0.136 e. The number of hydrogen-bond donors (Lipinski definition) is 0. The fourth-order valence-corrected chi connectivity index (χ4v) is 2.88. The topological polar surface area (TPSA) is 9.23 Å². The fourth-order valence-electron chi connectivity index (χ4n) is 0.948. The summed E-state index contributed by atoms with van der Waals surface area (Å²) in [6.45, 7) is 2.03. The molecule has 1 rings (SSSR count). The molecule has 0 radical (unpaired) electrons. The first-order chi connectivity index (χ1) is 5.15. The smallest absolute Gasteiger partial charge is 0.136 e. The summed E-state index contributed by atoms with van der Waals surface area (Å²) in [5, 5.41) is 0. The molecule has 0 aliphatic rings. The van der Waals surface area contributed by atoms with Crippen LogP contribution in [0.5, 0.6) is 5.75 Å². The van der Waals surface area contributed by atoms with Crippen LogP contribution in [0, 0.1) is 10.5 Å². The van der Waals surface area contributed by atoms with Crippen molar-refractivity contribution in [1.29, 1.82) is 0 Å². The summed E-state index contributed by atoms with van der Waals surface area (Å²) in [6, 6.07) is 4.12. The van der Waals surface area contributed by atoms with E-state index < -0.39 is 0 Å². The zero-order valence-electron chi connectivity index (χ0n) is 6.32. The minimum atomic E-state index is 0.922. The van der Waals surface area contributed by atoms with Gasteiger partial charge in [0.2, 0.25) is 0 Å². The van der Waals surface area contributed by atoms with Crippen LogP contribution < -0.4 is 4.74 Å². The molecule has 11 heavy (non-hydrogen) atoms. The number of ether oxygens (including phenoxy) is 1. The van der Waals surface area contributed by atoms with Crippen molar-refractivity contribution in [2.75, 3.05) is 7.11 Å². The summed E-state index contributed by atoms with van der Waals surface area (Å²) in [7, 11) is 1.68. The van der Waals surface area contributed by atoms with Crippen molar-refractivity contribution in [1.82, 2.24) is 0 Å². The molecule has 60 valence electrons. The second kappa shape index (κ2) is 3.76. The first kappa shape index (κ1) is 9.32. The van der Waals surface area contributed by atoms with E-state index in [-0.39, 0.29) is 0 Å². The van der Waals surface area contributed by atoms with Crippen LogP contribution in [0.2, 0.25) is 0 Å². The van der Waals surface area contributed by atoms with Gasteiger partial charge in [-0.3, -0.25) is 0 Å². The van der Waals surface area contributed by atoms with Crippen molar-refractivity contribution < 1.29 is 4.74 Å². The lowest BCUT2D eigenvalue weighted by Crippen LogP contribution is -1.88. The second-order valence-electron chi connectivity index (χ2n) is 2.24. The van der Waals surface area contributed by atoms with Gasteiger partial charge >= 0.3 is 0 Å². The highest BCUT2D eigenvalue weighted by Gasteiger charge is 2.03. The Labute approximate surface area is 88.4 Å². The Balaban J connectivity index is 3.25. The van der Waals surface area contributed by atoms with Crippen LogP contribution in [0.15, 0.2) is 16.6 Å². The molecule has 0 unspecified atom stereocenters. The average Bonchev–Trinajstić information content (AvgIpc) is 1.85. The van der Waals surface area contributed by atoms with E-state index in [4.69, 9.17) is 4.74 Å². The van der Waals surface area contributed by atoms with Crippen molar-refractivity contribution >= 4 is 38.5 Å². The molecule has 0 heterocycles. The highest BCUT2D eigenvalue weighted by Crippen LogP contribution is 2.30. The van der Waals surface area contributed by atoms with Gasteiger partial charge in [0, 0.05) is 3.57 Å². The van der Waals surface area contributed by atoms with Crippen LogP contribution in [-0.2, 0) is 0 Å². The molecule has 1 nitrogen and oxygen atoms in total. The molecule has 0 fully saturated rings. The van der Waals surface area contributed by atoms with Crippen molar-refractivity contribution in [3.05, 3.63) is 25.7 Å². The summed E-state index contributed by atoms with van der Waals surface area (Å²) in [6.07, 6.45) is 0. The zero-order valence-corrected chi connectivity index (χ0v) is 10.1. The number of hydrogen-bond acceptors (Lipinski definition) is 1. The summed E-state index contributed by atoms with van der Waals surface area (Å²) < 4.78 is 7.41. The number of methoxy groups -OCH3 is 1. The van der Waals surface area contributed by atoms with E-state index in [0.717, 1.165) is 15.8 Å². The summed E-state index contributed by atoms with van der Waals surface area (Å²) in [5.74, 6) is 0.922. The van der Waals surface area contributed by atoms with Gasteiger partial charge in [-0.2, -0.15) is 0 Å². The molecule has 1 aromatic carbocycles. The largest absolute Gasteiger partial charge is 0.495 e. The Morgan fingerprint density at radius 1 is 1.45 bits per heavy atom. The Morgan fingerprint density at radius 2 is 2.09 bits per heavy atom. The van der Waals surface area contributed by atoms with Crippen molar-refractivity contribution in [3.63, 3.8) is 0 Å². The Bertz CT molecular complexity index is 250. The van der Waals surface area contributed by atoms with E-state index in [2.05, 4.69) is 44.6 Å². The van der Waals surface area contributed by atoms with Gasteiger partial charge in [-0.05, 0) is 63.1 Å². The van der Waals surface area contributed by atoms with Crippen LogP contribution >= 0.6 is 38.5 Å². The quantitative estimate of drug-likeness (QED) is 0.719. The lowest BCUT2D eigenvalue weighted by atomic mass is 10.2. The minimum Gasteiger partial charge on any atom is -0.495 e. The summed E-state index contributed by atoms with van der Waals surface area (Å²) >= 11 is 5.71. The lowest BCUT2D eigenvalue weighted by molar-refractivity contribution is 0.409. The van der Waals surface area contributed by atoms with Crippen molar-refractivity contribution in [2.45, 2.75) is 6.92 Å². The molecule has 0 spiro atoms. The maximum absolute atomic E-state index is 5.18. The Morgan fingerprint density at radius 3 is 2.55 bits per heavy atom. The normalized spacial score (nSPS) is 9.82. The van der Waals surface area contributed by atoms with E-state index in [9.17, 15) is 0 Å². The minimum absolute atomic E-state index is 0.922. The molecule has 0 aliphatic carbocycles. The fraction of sp³-hybridized carbons (Fsp3) is 0.250. The van der Waals surface area contributed by atoms with Crippen molar-refractivity contribution in [3.8, 4) is 5.75 Å². The van der Waals surface area contributed by atoms with Gasteiger partial charge in [-0.15, -0.1) is 0 Å². The molecule has 0 atom stereocenters. The van der Waals surface area contributed by atoms with Crippen LogP contribution in [0.25, 0.3) is 0 Å². The number of aryl methyl sites for hydroxylation is 1. The monoisotopic (exact) mass is 326 g/mol. The predicted molar refractivity (Wildman–Crippen MR) is 58.1 cm³/mol. The van der Waals surface area contributed by atoms with Crippen LogP contribution in [0.3, 0.4) is 0 Å². The third-order valence-electron chi connectivity index (χ3n) is 1.40. The Kier molecular flexibility index (Phi) is 3.18. The third-order valence-corrected chi connectivity index (χ3v) is 2.61. The third kappa shape index (κ3) is 2.08. The van der Waals surface area contributed by atoms with Crippen LogP contribution in [0.4, 0.5) is 0 Å². The molecule has 0 saturated carbocycles. The SMILES string of the molecule is COc1c(C)cc(I)cc1Br. The number of halogens is 2. The summed E-state index contributed by atoms with van der Waals surface area (Å²) in [5.41, 5.74) is 1.16. The van der Waals surface area contributed by atoms with E-state index in [1.807, 2.05) is 13.0 Å². The first-order valence-electron chi connectivity index (χ1n) is 3.15. The molecule has 3 heteroatoms. The molecule has 0 aromatic heterocycles. The maximum atomic E-state index is 5.18. The Hall–Kier alpha value is 0.230. The molecule has 0 saturated heterocycles. The van der Waals surface area contributed by atoms with E-state index >= 15 is 0 Å². The van der Waals surface area contributed by atoms with Gasteiger partial charge in [0.1, 0.15) is 5.75 Å². The second-order valence-corrected chi connectivity index (χ2v) is 4.34. The molecular weight excluding hydrogens is 319 g/mol. The summed E-state index contributed by atoms with van der Waals surface area (Å²) in [4.78, 5) is 0. The van der Waals surface area contributed by atoms with Gasteiger partial charge in [-0.25, -0.2) is 0 Å². The van der Waals surface area contributed by atoms with Gasteiger partial charge in [0.15, 0.2) is 0 Å². The van der Waals surface area contributed by atoms with Crippen molar-refractivity contribution in [2.24, 2.45) is 0 Å². The van der Waals surface area contributed by atoms with Gasteiger partial charge in [-0.1, -0.05) is 0 Å². The standard InChI is InChI=1S/C8H8BrIO/c1-5-3-6(10)4-7(9)8(5)11-2/h3-4H,1-2H3.